The monoisotopic (exact) mass is 305 g/mol. The molecule has 1 N–H and O–H groups in total. The molecule has 3 nitrogen and oxygen atoms in total. The highest BCUT2D eigenvalue weighted by molar-refractivity contribution is 7.98. The van der Waals surface area contributed by atoms with E-state index in [1.54, 1.807) is 0 Å². The minimum Gasteiger partial charge on any atom is -0.370 e. The molecule has 1 aliphatic carbocycles. The van der Waals surface area contributed by atoms with Gasteiger partial charge in [0.1, 0.15) is 11.6 Å². The zero-order valence-corrected chi connectivity index (χ0v) is 14.4. The number of hydrogen-bond acceptors (Lipinski definition) is 4. The molecule has 1 saturated carbocycles. The maximum absolute atomic E-state index is 4.92. The molecule has 0 atom stereocenters. The topological polar surface area (TPSA) is 37.8 Å². The summed E-state index contributed by atoms with van der Waals surface area (Å²) < 4.78 is 0. The predicted octanol–water partition coefficient (Wildman–Crippen LogP) is 4.73. The van der Waals surface area contributed by atoms with Crippen LogP contribution in [0.3, 0.4) is 0 Å². The first-order valence-electron chi connectivity index (χ1n) is 8.30. The van der Waals surface area contributed by atoms with E-state index in [1.807, 2.05) is 11.8 Å². The number of thioether (sulfide) groups is 1. The maximum Gasteiger partial charge on any atom is 0.134 e. The van der Waals surface area contributed by atoms with Crippen LogP contribution in [0.4, 0.5) is 5.82 Å². The Hall–Kier alpha value is -0.770. The van der Waals surface area contributed by atoms with E-state index in [1.165, 1.54) is 36.9 Å². The van der Waals surface area contributed by atoms with Gasteiger partial charge in [0.25, 0.3) is 0 Å². The van der Waals surface area contributed by atoms with Gasteiger partial charge in [-0.3, -0.25) is 0 Å². The Kier molecular flexibility index (Phi) is 4.43. The highest BCUT2D eigenvalue weighted by Crippen LogP contribution is 2.42. The van der Waals surface area contributed by atoms with E-state index in [9.17, 15) is 0 Å². The lowest BCUT2D eigenvalue weighted by Crippen LogP contribution is -2.22. The third-order valence-corrected chi connectivity index (χ3v) is 5.81. The van der Waals surface area contributed by atoms with Crippen molar-refractivity contribution in [3.05, 3.63) is 17.1 Å². The summed E-state index contributed by atoms with van der Waals surface area (Å²) in [6.45, 7) is 7.98. The number of nitrogens with zero attached hydrogens (tertiary/aromatic N) is 2. The summed E-state index contributed by atoms with van der Waals surface area (Å²) >= 11 is 1.96. The van der Waals surface area contributed by atoms with E-state index >= 15 is 0 Å². The van der Waals surface area contributed by atoms with E-state index in [4.69, 9.17) is 9.97 Å². The second-order valence-corrected chi connectivity index (χ2v) is 8.20. The summed E-state index contributed by atoms with van der Waals surface area (Å²) in [5.74, 6) is 4.91. The Morgan fingerprint density at radius 1 is 1.19 bits per heavy atom. The van der Waals surface area contributed by atoms with E-state index in [-0.39, 0.29) is 0 Å². The third-order valence-electron chi connectivity index (χ3n) is 4.84. The van der Waals surface area contributed by atoms with Crippen LogP contribution in [0, 0.1) is 5.41 Å². The fourth-order valence-corrected chi connectivity index (χ4v) is 4.34. The Morgan fingerprint density at radius 2 is 1.95 bits per heavy atom. The summed E-state index contributed by atoms with van der Waals surface area (Å²) in [6, 6.07) is 0. The molecular formula is C17H27N3S. The lowest BCUT2D eigenvalue weighted by Gasteiger charge is -2.33. The van der Waals surface area contributed by atoms with Crippen molar-refractivity contribution in [3.8, 4) is 0 Å². The molecule has 0 bridgehead atoms. The van der Waals surface area contributed by atoms with Gasteiger partial charge >= 0.3 is 0 Å². The largest absolute Gasteiger partial charge is 0.370 e. The molecule has 1 aliphatic heterocycles. The van der Waals surface area contributed by atoms with E-state index in [0.29, 0.717) is 11.3 Å². The zero-order valence-electron chi connectivity index (χ0n) is 13.5. The molecule has 0 spiro atoms. The number of fused-ring (bicyclic) bond motifs is 1. The number of hydrogen-bond donors (Lipinski definition) is 1. The number of anilines is 1. The van der Waals surface area contributed by atoms with E-state index in [0.717, 1.165) is 36.1 Å². The van der Waals surface area contributed by atoms with Gasteiger partial charge in [0.15, 0.2) is 0 Å². The Bertz CT molecular complexity index is 503. The summed E-state index contributed by atoms with van der Waals surface area (Å²) in [5.41, 5.74) is 3.15. The molecule has 1 aromatic rings. The number of rotatable bonds is 4. The maximum atomic E-state index is 4.92. The van der Waals surface area contributed by atoms with Crippen molar-refractivity contribution in [3.63, 3.8) is 0 Å². The highest BCUT2D eigenvalue weighted by Gasteiger charge is 2.30. The van der Waals surface area contributed by atoms with Gasteiger partial charge in [0.2, 0.25) is 0 Å². The van der Waals surface area contributed by atoms with Crippen molar-refractivity contribution < 1.29 is 0 Å². The first-order valence-corrected chi connectivity index (χ1v) is 9.46. The van der Waals surface area contributed by atoms with Crippen LogP contribution in [0.15, 0.2) is 0 Å². The van der Waals surface area contributed by atoms with Gasteiger partial charge in [-0.15, -0.1) is 0 Å². The van der Waals surface area contributed by atoms with E-state index in [2.05, 4.69) is 26.1 Å². The van der Waals surface area contributed by atoms with Gasteiger partial charge in [-0.2, -0.15) is 11.8 Å². The van der Waals surface area contributed by atoms with E-state index < -0.39 is 0 Å². The van der Waals surface area contributed by atoms with Crippen molar-refractivity contribution in [1.29, 1.82) is 0 Å². The molecular weight excluding hydrogens is 278 g/mol. The van der Waals surface area contributed by atoms with Gasteiger partial charge in [-0.1, -0.05) is 20.8 Å². The average molecular weight is 305 g/mol. The Balaban J connectivity index is 1.82. The summed E-state index contributed by atoms with van der Waals surface area (Å²) in [4.78, 5) is 9.84. The van der Waals surface area contributed by atoms with Crippen LogP contribution in [0.5, 0.6) is 0 Å². The molecule has 0 amide bonds. The van der Waals surface area contributed by atoms with Gasteiger partial charge in [-0.25, -0.2) is 9.97 Å². The first kappa shape index (κ1) is 15.1. The van der Waals surface area contributed by atoms with Crippen LogP contribution in [0.2, 0.25) is 0 Å². The molecule has 0 radical (unpaired) electrons. The molecule has 3 rings (SSSR count). The quantitative estimate of drug-likeness (QED) is 0.872. The van der Waals surface area contributed by atoms with Crippen LogP contribution in [-0.2, 0) is 11.5 Å². The molecule has 2 heterocycles. The normalized spacial score (nSPS) is 21.3. The predicted molar refractivity (Wildman–Crippen MR) is 90.8 cm³/mol. The van der Waals surface area contributed by atoms with Crippen LogP contribution < -0.4 is 5.32 Å². The lowest BCUT2D eigenvalue weighted by molar-refractivity contribution is 0.220. The number of aromatic nitrogens is 2. The van der Waals surface area contributed by atoms with Crippen molar-refractivity contribution in [1.82, 2.24) is 9.97 Å². The van der Waals surface area contributed by atoms with Crippen LogP contribution in [0.25, 0.3) is 0 Å². The summed E-state index contributed by atoms with van der Waals surface area (Å²) in [7, 11) is 0. The molecule has 1 aromatic heterocycles. The molecule has 0 unspecified atom stereocenters. The van der Waals surface area contributed by atoms with Gasteiger partial charge in [0, 0.05) is 29.5 Å². The SMILES string of the molecule is CCCNc1nc(C2CCC(C)(C)CC2)nc2c1CSC2. The molecule has 1 fully saturated rings. The van der Waals surface area contributed by atoms with Crippen molar-refractivity contribution in [2.75, 3.05) is 11.9 Å². The van der Waals surface area contributed by atoms with Crippen LogP contribution in [-0.4, -0.2) is 16.5 Å². The highest BCUT2D eigenvalue weighted by atomic mass is 32.2. The molecule has 0 saturated heterocycles. The van der Waals surface area contributed by atoms with Crippen molar-refractivity contribution in [2.45, 2.75) is 70.3 Å². The molecule has 21 heavy (non-hydrogen) atoms. The second-order valence-electron chi connectivity index (χ2n) is 7.21. The fourth-order valence-electron chi connectivity index (χ4n) is 3.30. The summed E-state index contributed by atoms with van der Waals surface area (Å²) in [5, 5.41) is 3.53. The Labute approximate surface area is 132 Å². The second kappa shape index (κ2) is 6.15. The molecule has 116 valence electrons. The average Bonchev–Trinajstić information content (AvgIpc) is 2.93. The zero-order chi connectivity index (χ0) is 14.9. The summed E-state index contributed by atoms with van der Waals surface area (Å²) in [6.07, 6.45) is 6.21. The minimum absolute atomic E-state index is 0.506. The van der Waals surface area contributed by atoms with Crippen LogP contribution >= 0.6 is 11.8 Å². The Morgan fingerprint density at radius 3 is 2.67 bits per heavy atom. The number of nitrogens with one attached hydrogen (secondary N) is 1. The molecule has 0 aromatic carbocycles. The van der Waals surface area contributed by atoms with Gasteiger partial charge in [-0.05, 0) is 37.5 Å². The minimum atomic E-state index is 0.506. The van der Waals surface area contributed by atoms with Crippen molar-refractivity contribution >= 4 is 17.6 Å². The fraction of sp³-hybridized carbons (Fsp3) is 0.765. The molecule has 2 aliphatic rings. The smallest absolute Gasteiger partial charge is 0.134 e. The standard InChI is InChI=1S/C17H27N3S/c1-4-9-18-16-13-10-21-11-14(13)19-15(20-16)12-5-7-17(2,3)8-6-12/h12H,4-11H2,1-3H3,(H,18,19,20). The van der Waals surface area contributed by atoms with Gasteiger partial charge in [0.05, 0.1) is 5.69 Å². The lowest BCUT2D eigenvalue weighted by atomic mass is 9.73. The van der Waals surface area contributed by atoms with Crippen molar-refractivity contribution in [2.24, 2.45) is 5.41 Å². The third kappa shape index (κ3) is 3.36. The molecule has 4 heteroatoms. The van der Waals surface area contributed by atoms with Gasteiger partial charge < -0.3 is 5.32 Å². The van der Waals surface area contributed by atoms with Crippen LogP contribution in [0.1, 0.15) is 75.9 Å². The first-order chi connectivity index (χ1) is 10.1.